The van der Waals surface area contributed by atoms with Gasteiger partial charge in [-0.1, -0.05) is 6.07 Å². The standard InChI is InChI=1S/C24H30N2O7S/c1-4-33-24(28)19-6-5-17(2)21(16-19)25-23(27)10-7-18-15-20(8-9-22(18)31-3)34(29,30)26-11-13-32-14-12-26/h5-6,8-9,15-16H,4,7,10-14H2,1-3H3,(H,25,27). The number of carbonyl (C=O) groups is 2. The van der Waals surface area contributed by atoms with Crippen LogP contribution in [-0.2, 0) is 30.7 Å². The van der Waals surface area contributed by atoms with Crippen molar-refractivity contribution in [3.63, 3.8) is 0 Å². The molecule has 1 amide bonds. The highest BCUT2D eigenvalue weighted by atomic mass is 32.2. The first-order chi connectivity index (χ1) is 16.3. The number of amides is 1. The van der Waals surface area contributed by atoms with Crippen LogP contribution in [0.1, 0.15) is 34.8 Å². The fourth-order valence-electron chi connectivity index (χ4n) is 3.61. The lowest BCUT2D eigenvalue weighted by molar-refractivity contribution is -0.116. The summed E-state index contributed by atoms with van der Waals surface area (Å²) in [5.41, 5.74) is 2.29. The van der Waals surface area contributed by atoms with Crippen LogP contribution >= 0.6 is 0 Å². The number of aryl methyl sites for hydroxylation is 2. The molecule has 1 N–H and O–H groups in total. The number of nitrogens with zero attached hydrogens (tertiary/aromatic N) is 1. The third-order valence-corrected chi connectivity index (χ3v) is 7.40. The zero-order chi connectivity index (χ0) is 24.7. The molecule has 9 nitrogen and oxygen atoms in total. The number of hydrogen-bond acceptors (Lipinski definition) is 7. The Morgan fingerprint density at radius 2 is 1.85 bits per heavy atom. The van der Waals surface area contributed by atoms with E-state index >= 15 is 0 Å². The summed E-state index contributed by atoms with van der Waals surface area (Å²) >= 11 is 0. The lowest BCUT2D eigenvalue weighted by Crippen LogP contribution is -2.40. The molecule has 0 aliphatic carbocycles. The molecule has 0 radical (unpaired) electrons. The third-order valence-electron chi connectivity index (χ3n) is 5.50. The maximum Gasteiger partial charge on any atom is 0.338 e. The van der Waals surface area contributed by atoms with Gasteiger partial charge in [0.05, 0.1) is 37.4 Å². The Balaban J connectivity index is 1.72. The average molecular weight is 491 g/mol. The van der Waals surface area contributed by atoms with Crippen LogP contribution in [-0.4, -0.2) is 64.6 Å². The molecule has 1 aliphatic rings. The maximum atomic E-state index is 13.0. The van der Waals surface area contributed by atoms with Crippen LogP contribution in [0.2, 0.25) is 0 Å². The molecule has 0 unspecified atom stereocenters. The molecule has 0 bridgehead atoms. The number of esters is 1. The van der Waals surface area contributed by atoms with Gasteiger partial charge < -0.3 is 19.5 Å². The van der Waals surface area contributed by atoms with E-state index in [1.807, 2.05) is 6.92 Å². The molecule has 34 heavy (non-hydrogen) atoms. The number of rotatable bonds is 9. The van der Waals surface area contributed by atoms with Crippen molar-refractivity contribution in [1.29, 1.82) is 0 Å². The molecular formula is C24H30N2O7S. The zero-order valence-corrected chi connectivity index (χ0v) is 20.4. The van der Waals surface area contributed by atoms with E-state index in [4.69, 9.17) is 14.2 Å². The molecule has 0 spiro atoms. The van der Waals surface area contributed by atoms with Gasteiger partial charge >= 0.3 is 5.97 Å². The first-order valence-electron chi connectivity index (χ1n) is 11.1. The largest absolute Gasteiger partial charge is 0.496 e. The minimum absolute atomic E-state index is 0.0977. The van der Waals surface area contributed by atoms with Crippen LogP contribution in [0.25, 0.3) is 0 Å². The Labute approximate surface area is 200 Å². The number of carbonyl (C=O) groups excluding carboxylic acids is 2. The molecule has 10 heteroatoms. The van der Waals surface area contributed by atoms with Crippen LogP contribution in [0, 0.1) is 6.92 Å². The highest BCUT2D eigenvalue weighted by Crippen LogP contribution is 2.26. The summed E-state index contributed by atoms with van der Waals surface area (Å²) in [4.78, 5) is 24.8. The number of anilines is 1. The minimum Gasteiger partial charge on any atom is -0.496 e. The van der Waals surface area contributed by atoms with Crippen molar-refractivity contribution < 1.29 is 32.2 Å². The van der Waals surface area contributed by atoms with E-state index in [1.54, 1.807) is 37.3 Å². The lowest BCUT2D eigenvalue weighted by Gasteiger charge is -2.26. The molecule has 0 saturated carbocycles. The van der Waals surface area contributed by atoms with Gasteiger partial charge in [0.1, 0.15) is 5.75 Å². The minimum atomic E-state index is -3.67. The second-order valence-electron chi connectivity index (χ2n) is 7.79. The second-order valence-corrected chi connectivity index (χ2v) is 9.73. The van der Waals surface area contributed by atoms with Crippen molar-refractivity contribution >= 4 is 27.6 Å². The van der Waals surface area contributed by atoms with Crippen molar-refractivity contribution in [3.05, 3.63) is 53.1 Å². The first-order valence-corrected chi connectivity index (χ1v) is 12.5. The molecule has 1 aliphatic heterocycles. The van der Waals surface area contributed by atoms with Gasteiger partial charge in [-0.15, -0.1) is 0 Å². The van der Waals surface area contributed by atoms with Crippen LogP contribution in [0.5, 0.6) is 5.75 Å². The Bertz CT molecular complexity index is 1140. The number of methoxy groups -OCH3 is 1. The van der Waals surface area contributed by atoms with Crippen LogP contribution < -0.4 is 10.1 Å². The summed E-state index contributed by atoms with van der Waals surface area (Å²) in [7, 11) is -2.17. The summed E-state index contributed by atoms with van der Waals surface area (Å²) in [6, 6.07) is 9.65. The molecule has 0 aromatic heterocycles. The zero-order valence-electron chi connectivity index (χ0n) is 19.6. The van der Waals surface area contributed by atoms with Crippen molar-refractivity contribution in [1.82, 2.24) is 4.31 Å². The Hall–Kier alpha value is -2.95. The molecule has 1 saturated heterocycles. The maximum absolute atomic E-state index is 13.0. The van der Waals surface area contributed by atoms with Crippen molar-refractivity contribution in [2.45, 2.75) is 31.6 Å². The number of benzene rings is 2. The smallest absolute Gasteiger partial charge is 0.338 e. The number of ether oxygens (including phenoxy) is 3. The fraction of sp³-hybridized carbons (Fsp3) is 0.417. The van der Waals surface area contributed by atoms with Crippen molar-refractivity contribution in [2.24, 2.45) is 0 Å². The fourth-order valence-corrected chi connectivity index (χ4v) is 5.06. The van der Waals surface area contributed by atoms with Gasteiger partial charge in [-0.2, -0.15) is 4.31 Å². The highest BCUT2D eigenvalue weighted by Gasteiger charge is 2.27. The highest BCUT2D eigenvalue weighted by molar-refractivity contribution is 7.89. The van der Waals surface area contributed by atoms with Crippen molar-refractivity contribution in [2.75, 3.05) is 45.3 Å². The molecule has 1 fully saturated rings. The predicted octanol–water partition coefficient (Wildman–Crippen LogP) is 2.77. The molecule has 0 atom stereocenters. The van der Waals surface area contributed by atoms with E-state index in [1.165, 1.54) is 17.5 Å². The van der Waals surface area contributed by atoms with Gasteiger partial charge in [-0.05, 0) is 61.7 Å². The summed E-state index contributed by atoms with van der Waals surface area (Å²) in [5, 5.41) is 2.82. The van der Waals surface area contributed by atoms with E-state index in [2.05, 4.69) is 5.32 Å². The van der Waals surface area contributed by atoms with Crippen LogP contribution in [0.4, 0.5) is 5.69 Å². The van der Waals surface area contributed by atoms with E-state index in [0.717, 1.165) is 5.56 Å². The molecule has 3 rings (SSSR count). The second kappa shape index (κ2) is 11.5. The Morgan fingerprint density at radius 3 is 2.53 bits per heavy atom. The lowest BCUT2D eigenvalue weighted by atomic mass is 10.1. The number of nitrogens with one attached hydrogen (secondary N) is 1. The number of sulfonamides is 1. The predicted molar refractivity (Wildman–Crippen MR) is 127 cm³/mol. The Kier molecular flexibility index (Phi) is 8.65. The molecule has 2 aromatic rings. The van der Waals surface area contributed by atoms with E-state index < -0.39 is 16.0 Å². The SMILES string of the molecule is CCOC(=O)c1ccc(C)c(NC(=O)CCc2cc(S(=O)(=O)N3CCOCC3)ccc2OC)c1. The quantitative estimate of drug-likeness (QED) is 0.538. The van der Waals surface area contributed by atoms with Gasteiger partial charge in [0.2, 0.25) is 15.9 Å². The first kappa shape index (κ1) is 25.7. The van der Waals surface area contributed by atoms with E-state index in [0.29, 0.717) is 48.9 Å². The molecule has 2 aromatic carbocycles. The van der Waals surface area contributed by atoms with Crippen LogP contribution in [0.15, 0.2) is 41.3 Å². The topological polar surface area (TPSA) is 111 Å². The van der Waals surface area contributed by atoms with Gasteiger partial charge in [0.15, 0.2) is 0 Å². The average Bonchev–Trinajstić information content (AvgIpc) is 2.84. The van der Waals surface area contributed by atoms with Gasteiger partial charge in [-0.25, -0.2) is 13.2 Å². The van der Waals surface area contributed by atoms with Gasteiger partial charge in [-0.3, -0.25) is 4.79 Å². The Morgan fingerprint density at radius 1 is 1.12 bits per heavy atom. The summed E-state index contributed by atoms with van der Waals surface area (Å²) in [6.45, 7) is 5.14. The van der Waals surface area contributed by atoms with E-state index in [-0.39, 0.29) is 30.3 Å². The normalized spacial score (nSPS) is 14.4. The monoisotopic (exact) mass is 490 g/mol. The molecule has 1 heterocycles. The molecule has 184 valence electrons. The van der Waals surface area contributed by atoms with Crippen LogP contribution in [0.3, 0.4) is 0 Å². The summed E-state index contributed by atoms with van der Waals surface area (Å²) < 4.78 is 43.0. The number of hydrogen-bond donors (Lipinski definition) is 1. The van der Waals surface area contributed by atoms with Crippen molar-refractivity contribution in [3.8, 4) is 5.75 Å². The van der Waals surface area contributed by atoms with Gasteiger partial charge in [0.25, 0.3) is 0 Å². The summed E-state index contributed by atoms with van der Waals surface area (Å²) in [5.74, 6) is -0.220. The summed E-state index contributed by atoms with van der Waals surface area (Å²) in [6.07, 6.45) is 0.374. The molecular weight excluding hydrogens is 460 g/mol. The van der Waals surface area contributed by atoms with E-state index in [9.17, 15) is 18.0 Å². The number of morpholine rings is 1. The van der Waals surface area contributed by atoms with Gasteiger partial charge in [0, 0.05) is 25.2 Å². The third kappa shape index (κ3) is 6.13.